The molecule has 192 valence electrons. The maximum Gasteiger partial charge on any atom is 0.573 e. The van der Waals surface area contributed by atoms with Crippen LogP contribution in [0.2, 0.25) is 0 Å². The standard InChI is InChI=1S/C23H24F3N5O5/c1-14-6-3-7-15(27-14)13-31-18-19(29(2)22(34)30(20(18)33)10-5-11-32)28-21(31)35-16-8-4-9-17(12-16)36-23(24,25)26/h3-4,6,8-9,12,15,32H,5,7,10-11,13H2,1-2H3. The first-order chi connectivity index (χ1) is 17.1. The third-order valence-electron chi connectivity index (χ3n) is 5.53. The molecular formula is C23H24F3N5O5. The second-order valence-electron chi connectivity index (χ2n) is 8.24. The van der Waals surface area contributed by atoms with E-state index >= 15 is 0 Å². The molecule has 0 saturated heterocycles. The molecule has 3 heterocycles. The third-order valence-corrected chi connectivity index (χ3v) is 5.53. The average molecular weight is 507 g/mol. The van der Waals surface area contributed by atoms with E-state index in [2.05, 4.69) is 14.7 Å². The highest BCUT2D eigenvalue weighted by atomic mass is 19.4. The SMILES string of the molecule is CC1=NC(Cn2c(Oc3cccc(OC(F)(F)F)c3)nc3c2c(=O)n(CCCO)c(=O)n3C)CC=C1. The number of benzene rings is 1. The van der Waals surface area contributed by atoms with Gasteiger partial charge in [-0.15, -0.1) is 13.2 Å². The normalized spacial score (nSPS) is 15.8. The molecule has 1 aliphatic rings. The summed E-state index contributed by atoms with van der Waals surface area (Å²) in [5.41, 5.74) is -0.315. The van der Waals surface area contributed by atoms with E-state index in [1.54, 1.807) is 0 Å². The monoisotopic (exact) mass is 507 g/mol. The number of imidazole rings is 1. The number of aryl methyl sites for hydroxylation is 1. The van der Waals surface area contributed by atoms with E-state index < -0.39 is 23.4 Å². The van der Waals surface area contributed by atoms with Crippen LogP contribution >= 0.6 is 0 Å². The quantitative estimate of drug-likeness (QED) is 0.502. The zero-order valence-electron chi connectivity index (χ0n) is 19.5. The van der Waals surface area contributed by atoms with E-state index in [1.807, 2.05) is 19.1 Å². The van der Waals surface area contributed by atoms with Crippen molar-refractivity contribution in [2.45, 2.75) is 45.3 Å². The maximum atomic E-state index is 13.4. The topological polar surface area (TPSA) is 113 Å². The molecule has 0 aliphatic carbocycles. The van der Waals surface area contributed by atoms with Crippen molar-refractivity contribution in [3.63, 3.8) is 0 Å². The van der Waals surface area contributed by atoms with E-state index in [0.717, 1.165) is 22.4 Å². The molecule has 1 atom stereocenters. The molecule has 0 amide bonds. The number of aromatic nitrogens is 4. The number of nitrogens with zero attached hydrogens (tertiary/aromatic N) is 5. The van der Waals surface area contributed by atoms with Gasteiger partial charge in [-0.3, -0.25) is 23.5 Å². The molecular weight excluding hydrogens is 483 g/mol. The Bertz CT molecular complexity index is 1450. The molecule has 1 aliphatic heterocycles. The van der Waals surface area contributed by atoms with Crippen LogP contribution in [0.15, 0.2) is 51.0 Å². The van der Waals surface area contributed by atoms with Gasteiger partial charge in [-0.25, -0.2) is 4.79 Å². The number of rotatable bonds is 8. The Morgan fingerprint density at radius 3 is 2.64 bits per heavy atom. The number of aliphatic hydroxyl groups excluding tert-OH is 1. The highest BCUT2D eigenvalue weighted by Gasteiger charge is 2.31. The van der Waals surface area contributed by atoms with Crippen molar-refractivity contribution in [2.75, 3.05) is 6.61 Å². The summed E-state index contributed by atoms with van der Waals surface area (Å²) in [6, 6.07) is 4.54. The van der Waals surface area contributed by atoms with Gasteiger partial charge in [0, 0.05) is 32.0 Å². The molecule has 0 saturated carbocycles. The number of allylic oxidation sites excluding steroid dienone is 1. The molecule has 0 spiro atoms. The fraction of sp³-hybridized carbons (Fsp3) is 0.391. The number of dihydropyridines is 1. The highest BCUT2D eigenvalue weighted by Crippen LogP contribution is 2.30. The smallest absolute Gasteiger partial charge is 0.425 e. The number of halogens is 3. The minimum absolute atomic E-state index is 0.000426. The molecule has 0 fully saturated rings. The lowest BCUT2D eigenvalue weighted by atomic mass is 10.1. The van der Waals surface area contributed by atoms with E-state index in [9.17, 15) is 27.9 Å². The van der Waals surface area contributed by atoms with Gasteiger partial charge in [-0.2, -0.15) is 4.98 Å². The van der Waals surface area contributed by atoms with E-state index in [0.29, 0.717) is 6.42 Å². The molecule has 0 bridgehead atoms. The maximum absolute atomic E-state index is 13.4. The van der Waals surface area contributed by atoms with Crippen molar-refractivity contribution < 1.29 is 27.8 Å². The summed E-state index contributed by atoms with van der Waals surface area (Å²) in [5, 5.41) is 9.19. The van der Waals surface area contributed by atoms with Crippen LogP contribution in [0.1, 0.15) is 19.8 Å². The number of hydrogen-bond donors (Lipinski definition) is 1. The zero-order valence-corrected chi connectivity index (χ0v) is 19.5. The van der Waals surface area contributed by atoms with Crippen LogP contribution in [0.4, 0.5) is 13.2 Å². The summed E-state index contributed by atoms with van der Waals surface area (Å²) < 4.78 is 51.5. The van der Waals surface area contributed by atoms with Crippen LogP contribution in [0, 0.1) is 0 Å². The summed E-state index contributed by atoms with van der Waals surface area (Å²) >= 11 is 0. The molecule has 1 aromatic carbocycles. The first-order valence-corrected chi connectivity index (χ1v) is 11.1. The van der Waals surface area contributed by atoms with Crippen molar-refractivity contribution in [3.05, 3.63) is 57.3 Å². The lowest BCUT2D eigenvalue weighted by molar-refractivity contribution is -0.274. The molecule has 3 aromatic rings. The molecule has 36 heavy (non-hydrogen) atoms. The number of alkyl halides is 3. The summed E-state index contributed by atoms with van der Waals surface area (Å²) in [5.74, 6) is -0.499. The van der Waals surface area contributed by atoms with Gasteiger partial charge >= 0.3 is 18.1 Å². The van der Waals surface area contributed by atoms with E-state index in [-0.39, 0.29) is 55.1 Å². The molecule has 10 nitrogen and oxygen atoms in total. The first-order valence-electron chi connectivity index (χ1n) is 11.1. The van der Waals surface area contributed by atoms with Crippen molar-refractivity contribution in [2.24, 2.45) is 12.0 Å². The van der Waals surface area contributed by atoms with Gasteiger partial charge < -0.3 is 14.6 Å². The second-order valence-corrected chi connectivity index (χ2v) is 8.24. The fourth-order valence-electron chi connectivity index (χ4n) is 3.97. The van der Waals surface area contributed by atoms with Gasteiger partial charge in [0.1, 0.15) is 11.5 Å². The van der Waals surface area contributed by atoms with Gasteiger partial charge in [0.2, 0.25) is 0 Å². The Hall–Kier alpha value is -3.87. The highest BCUT2D eigenvalue weighted by molar-refractivity contribution is 5.93. The van der Waals surface area contributed by atoms with Gasteiger partial charge in [0.15, 0.2) is 11.2 Å². The Morgan fingerprint density at radius 1 is 1.19 bits per heavy atom. The van der Waals surface area contributed by atoms with Crippen LogP contribution in [0.5, 0.6) is 17.5 Å². The number of aliphatic imine (C=N–C) groups is 1. The Morgan fingerprint density at radius 2 is 1.94 bits per heavy atom. The fourth-order valence-corrected chi connectivity index (χ4v) is 3.97. The minimum atomic E-state index is -4.88. The predicted molar refractivity (Wildman–Crippen MR) is 125 cm³/mol. The largest absolute Gasteiger partial charge is 0.573 e. The third kappa shape index (κ3) is 5.35. The Balaban J connectivity index is 1.84. The lowest BCUT2D eigenvalue weighted by Gasteiger charge is -2.18. The van der Waals surface area contributed by atoms with E-state index in [4.69, 9.17) is 4.74 Å². The van der Waals surface area contributed by atoms with Gasteiger partial charge in [0.05, 0.1) is 12.6 Å². The van der Waals surface area contributed by atoms with Crippen molar-refractivity contribution in [1.29, 1.82) is 0 Å². The number of aliphatic hydroxyl groups is 1. The molecule has 4 rings (SSSR count). The molecule has 1 unspecified atom stereocenters. The van der Waals surface area contributed by atoms with Gasteiger partial charge in [-0.1, -0.05) is 12.1 Å². The minimum Gasteiger partial charge on any atom is -0.425 e. The molecule has 2 aromatic heterocycles. The van der Waals surface area contributed by atoms with Crippen LogP contribution in [0.3, 0.4) is 0 Å². The van der Waals surface area contributed by atoms with Gasteiger partial charge in [-0.05, 0) is 38.0 Å². The van der Waals surface area contributed by atoms with Crippen LogP contribution in [0.25, 0.3) is 11.2 Å². The van der Waals surface area contributed by atoms with Crippen molar-refractivity contribution >= 4 is 16.9 Å². The molecule has 0 radical (unpaired) electrons. The Labute approximate surface area is 202 Å². The number of fused-ring (bicyclic) bond motifs is 1. The average Bonchev–Trinajstić information content (AvgIpc) is 3.15. The summed E-state index contributed by atoms with van der Waals surface area (Å²) in [7, 11) is 1.45. The van der Waals surface area contributed by atoms with Gasteiger partial charge in [0.25, 0.3) is 5.56 Å². The lowest BCUT2D eigenvalue weighted by Crippen LogP contribution is -2.40. The predicted octanol–water partition coefficient (Wildman–Crippen LogP) is 2.76. The number of ether oxygens (including phenoxy) is 2. The van der Waals surface area contributed by atoms with E-state index in [1.165, 1.54) is 28.3 Å². The van der Waals surface area contributed by atoms with Crippen molar-refractivity contribution in [3.8, 4) is 17.5 Å². The molecule has 1 N–H and O–H groups in total. The Kier molecular flexibility index (Phi) is 7.02. The van der Waals surface area contributed by atoms with Crippen LogP contribution in [-0.4, -0.2) is 48.5 Å². The second kappa shape index (κ2) is 10.0. The van der Waals surface area contributed by atoms with Crippen molar-refractivity contribution in [1.82, 2.24) is 18.7 Å². The zero-order chi connectivity index (χ0) is 26.0. The van der Waals surface area contributed by atoms with Crippen LogP contribution in [-0.2, 0) is 20.1 Å². The summed E-state index contributed by atoms with van der Waals surface area (Å²) in [6.45, 7) is 1.79. The first kappa shape index (κ1) is 25.2. The summed E-state index contributed by atoms with van der Waals surface area (Å²) in [4.78, 5) is 35.1. The number of hydrogen-bond acceptors (Lipinski definition) is 7. The van der Waals surface area contributed by atoms with Crippen LogP contribution < -0.4 is 20.7 Å². The summed E-state index contributed by atoms with van der Waals surface area (Å²) in [6.07, 6.45) is -0.289. The molecule has 13 heteroatoms.